The number of ether oxygens (including phenoxy) is 4. The van der Waals surface area contributed by atoms with Crippen molar-refractivity contribution in [3.63, 3.8) is 0 Å². The Morgan fingerprint density at radius 1 is 0.800 bits per heavy atom. The molecule has 0 bridgehead atoms. The van der Waals surface area contributed by atoms with Gasteiger partial charge in [-0.15, -0.1) is 0 Å². The Bertz CT molecular complexity index is 882. The van der Waals surface area contributed by atoms with E-state index in [9.17, 15) is 19.2 Å². The fourth-order valence-corrected chi connectivity index (χ4v) is 2.61. The molecule has 35 heavy (non-hydrogen) atoms. The summed E-state index contributed by atoms with van der Waals surface area (Å²) in [6, 6.07) is 3.68. The number of nitrogens with two attached hydrogens (primary N) is 1. The number of benzene rings is 1. The van der Waals surface area contributed by atoms with Gasteiger partial charge in [0.2, 0.25) is 0 Å². The van der Waals surface area contributed by atoms with E-state index in [0.29, 0.717) is 18.4 Å². The van der Waals surface area contributed by atoms with Crippen molar-refractivity contribution in [2.75, 3.05) is 6.61 Å². The highest BCUT2D eigenvalue weighted by Gasteiger charge is 2.23. The van der Waals surface area contributed by atoms with E-state index in [0.717, 1.165) is 0 Å². The minimum Gasteiger partial charge on any atom is -0.461 e. The van der Waals surface area contributed by atoms with Crippen LogP contribution in [0.2, 0.25) is 0 Å². The lowest BCUT2D eigenvalue weighted by molar-refractivity contribution is -0.161. The van der Waals surface area contributed by atoms with E-state index in [1.54, 1.807) is 40.7 Å². The van der Waals surface area contributed by atoms with Crippen molar-refractivity contribution in [2.45, 2.75) is 79.9 Å². The van der Waals surface area contributed by atoms with Gasteiger partial charge in [-0.2, -0.15) is 0 Å². The second kappa shape index (κ2) is 14.5. The second-order valence-electron chi connectivity index (χ2n) is 9.08. The lowest BCUT2D eigenvalue weighted by atomic mass is 10.1. The van der Waals surface area contributed by atoms with Crippen molar-refractivity contribution in [1.29, 1.82) is 0 Å². The van der Waals surface area contributed by atoms with Gasteiger partial charge in [0.05, 0.1) is 17.8 Å². The van der Waals surface area contributed by atoms with Gasteiger partial charge in [-0.3, -0.25) is 19.2 Å². The zero-order valence-electron chi connectivity index (χ0n) is 21.8. The zero-order chi connectivity index (χ0) is 26.7. The third-order valence-electron chi connectivity index (χ3n) is 5.47. The summed E-state index contributed by atoms with van der Waals surface area (Å²) in [6.07, 6.45) is 0.673. The molecule has 9 nitrogen and oxygen atoms in total. The van der Waals surface area contributed by atoms with Gasteiger partial charge in [0.15, 0.2) is 11.5 Å². The molecule has 1 aromatic rings. The normalized spacial score (nSPS) is 14.4. The fourth-order valence-electron chi connectivity index (χ4n) is 2.61. The molecule has 0 aliphatic heterocycles. The maximum absolute atomic E-state index is 12.4. The van der Waals surface area contributed by atoms with E-state index in [2.05, 4.69) is 0 Å². The summed E-state index contributed by atoms with van der Waals surface area (Å²) in [5.41, 5.74) is 6.59. The molecular weight excluding hydrogens is 454 g/mol. The molecule has 1 aromatic carbocycles. The minimum atomic E-state index is -1.00. The van der Waals surface area contributed by atoms with E-state index in [1.165, 1.54) is 12.1 Å². The number of esters is 4. The van der Waals surface area contributed by atoms with Crippen LogP contribution in [-0.4, -0.2) is 42.6 Å². The molecule has 0 heterocycles. The molecule has 1 rings (SSSR count). The summed E-state index contributed by atoms with van der Waals surface area (Å²) in [5.74, 6) is -2.69. The topological polar surface area (TPSA) is 131 Å². The largest absolute Gasteiger partial charge is 0.461 e. The molecule has 2 N–H and O–H groups in total. The maximum atomic E-state index is 12.4. The molecule has 0 saturated heterocycles. The third-order valence-corrected chi connectivity index (χ3v) is 5.47. The van der Waals surface area contributed by atoms with Crippen molar-refractivity contribution in [3.05, 3.63) is 23.8 Å². The van der Waals surface area contributed by atoms with Crippen LogP contribution in [-0.2, 0) is 35.1 Å². The van der Waals surface area contributed by atoms with Gasteiger partial charge in [0.25, 0.3) is 0 Å². The average molecular weight is 494 g/mol. The number of hydrogen-bond acceptors (Lipinski definition) is 9. The fraction of sp³-hybridized carbons (Fsp3) is 0.615. The predicted octanol–water partition coefficient (Wildman–Crippen LogP) is 3.59. The Labute approximate surface area is 207 Å². The van der Waals surface area contributed by atoms with E-state index >= 15 is 0 Å². The standard InChI is InChI=1S/C26H39NO8/c1-8-16(5)24(29)34-21-11-10-19(13-22(21)35-25(30)17(6)9-2)12-20(27)26(31)32-14-18(7)33-23(28)15(3)4/h10-11,13,15-18,20H,8-9,12,14,27H2,1-7H3/t16?,17?,18-,20-/m0/s1. The molecule has 0 fully saturated rings. The van der Waals surface area contributed by atoms with Crippen LogP contribution in [0.4, 0.5) is 0 Å². The van der Waals surface area contributed by atoms with Crippen LogP contribution in [0.1, 0.15) is 66.9 Å². The maximum Gasteiger partial charge on any atom is 0.323 e. The molecule has 196 valence electrons. The van der Waals surface area contributed by atoms with Crippen LogP contribution in [0, 0.1) is 17.8 Å². The summed E-state index contributed by atoms with van der Waals surface area (Å²) in [7, 11) is 0. The summed E-state index contributed by atoms with van der Waals surface area (Å²) in [6.45, 7) is 12.1. The summed E-state index contributed by atoms with van der Waals surface area (Å²) in [4.78, 5) is 48.6. The van der Waals surface area contributed by atoms with Gasteiger partial charge in [0, 0.05) is 0 Å². The lowest BCUT2D eigenvalue weighted by Crippen LogP contribution is -2.36. The monoisotopic (exact) mass is 493 g/mol. The molecule has 0 aliphatic rings. The van der Waals surface area contributed by atoms with Crippen molar-refractivity contribution in [3.8, 4) is 11.5 Å². The van der Waals surface area contributed by atoms with Gasteiger partial charge < -0.3 is 24.7 Å². The molecule has 0 amide bonds. The Kier molecular flexibility index (Phi) is 12.4. The number of hydrogen-bond donors (Lipinski definition) is 1. The van der Waals surface area contributed by atoms with Crippen molar-refractivity contribution in [2.24, 2.45) is 23.5 Å². The molecule has 0 radical (unpaired) electrons. The highest BCUT2D eigenvalue weighted by Crippen LogP contribution is 2.31. The van der Waals surface area contributed by atoms with Crippen LogP contribution in [0.5, 0.6) is 11.5 Å². The number of carbonyl (C=O) groups is 4. The molecule has 2 unspecified atom stereocenters. The average Bonchev–Trinajstić information content (AvgIpc) is 2.82. The molecule has 4 atom stereocenters. The van der Waals surface area contributed by atoms with E-state index in [-0.39, 0.29) is 48.2 Å². The van der Waals surface area contributed by atoms with Crippen molar-refractivity contribution in [1.82, 2.24) is 0 Å². The Morgan fingerprint density at radius 2 is 1.34 bits per heavy atom. The van der Waals surface area contributed by atoms with Crippen molar-refractivity contribution >= 4 is 23.9 Å². The van der Waals surface area contributed by atoms with Crippen LogP contribution in [0.15, 0.2) is 18.2 Å². The van der Waals surface area contributed by atoms with Gasteiger partial charge in [-0.1, -0.05) is 47.6 Å². The summed E-state index contributed by atoms with van der Waals surface area (Å²) in [5, 5.41) is 0. The van der Waals surface area contributed by atoms with Crippen LogP contribution in [0.25, 0.3) is 0 Å². The van der Waals surface area contributed by atoms with Gasteiger partial charge in [-0.05, 0) is 43.9 Å². The molecule has 0 aromatic heterocycles. The van der Waals surface area contributed by atoms with E-state index < -0.39 is 30.1 Å². The smallest absolute Gasteiger partial charge is 0.323 e. The summed E-state index contributed by atoms with van der Waals surface area (Å²) < 4.78 is 21.3. The number of carbonyl (C=O) groups excluding carboxylic acids is 4. The molecule has 0 aliphatic carbocycles. The first-order chi connectivity index (χ1) is 16.4. The van der Waals surface area contributed by atoms with Crippen LogP contribution >= 0.6 is 0 Å². The first-order valence-electron chi connectivity index (χ1n) is 12.1. The first-order valence-corrected chi connectivity index (χ1v) is 12.1. The summed E-state index contributed by atoms with van der Waals surface area (Å²) >= 11 is 0. The molecule has 9 heteroatoms. The van der Waals surface area contributed by atoms with Gasteiger partial charge in [-0.25, -0.2) is 0 Å². The van der Waals surface area contributed by atoms with Crippen molar-refractivity contribution < 1.29 is 38.1 Å². The first kappa shape index (κ1) is 30.1. The number of rotatable bonds is 13. The van der Waals surface area contributed by atoms with Crippen LogP contribution < -0.4 is 15.2 Å². The minimum absolute atomic E-state index is 0.0826. The lowest BCUT2D eigenvalue weighted by Gasteiger charge is -2.18. The zero-order valence-corrected chi connectivity index (χ0v) is 21.8. The van der Waals surface area contributed by atoms with E-state index in [4.69, 9.17) is 24.7 Å². The second-order valence-corrected chi connectivity index (χ2v) is 9.08. The quantitative estimate of drug-likeness (QED) is 0.323. The highest BCUT2D eigenvalue weighted by atomic mass is 16.6. The SMILES string of the molecule is CCC(C)C(=O)Oc1ccc(C[C@H](N)C(=O)OC[C@H](C)OC(=O)C(C)C)cc1OC(=O)C(C)CC. The molecule has 0 saturated carbocycles. The van der Waals surface area contributed by atoms with E-state index in [1.807, 2.05) is 13.8 Å². The van der Waals surface area contributed by atoms with Crippen LogP contribution in [0.3, 0.4) is 0 Å². The molecular formula is C26H39NO8. The van der Waals surface area contributed by atoms with Gasteiger partial charge in [0.1, 0.15) is 18.8 Å². The van der Waals surface area contributed by atoms with Gasteiger partial charge >= 0.3 is 23.9 Å². The Hall–Kier alpha value is -2.94. The molecule has 0 spiro atoms. The predicted molar refractivity (Wildman–Crippen MR) is 130 cm³/mol. The Balaban J connectivity index is 2.92. The highest BCUT2D eigenvalue weighted by molar-refractivity contribution is 5.79. The third kappa shape index (κ3) is 10.1. The Morgan fingerprint density at radius 3 is 1.86 bits per heavy atom.